The van der Waals surface area contributed by atoms with Crippen molar-refractivity contribution < 1.29 is 19.4 Å². The van der Waals surface area contributed by atoms with Gasteiger partial charge in [0.25, 0.3) is 0 Å². The van der Waals surface area contributed by atoms with E-state index in [4.69, 9.17) is 9.52 Å². The van der Waals surface area contributed by atoms with Crippen LogP contribution < -0.4 is 0 Å². The molecule has 0 bridgehead atoms. The molecule has 1 aliphatic carbocycles. The van der Waals surface area contributed by atoms with E-state index in [1.54, 1.807) is 25.1 Å². The Bertz CT molecular complexity index is 627. The molecule has 2 N–H and O–H groups in total. The van der Waals surface area contributed by atoms with E-state index in [2.05, 4.69) is 4.98 Å². The lowest BCUT2D eigenvalue weighted by Crippen LogP contribution is -2.23. The summed E-state index contributed by atoms with van der Waals surface area (Å²) in [6.07, 6.45) is 0.0262. The molecule has 0 spiro atoms. The molecule has 1 atom stereocenters. The molecule has 3 rings (SSSR count). The van der Waals surface area contributed by atoms with Gasteiger partial charge in [0.15, 0.2) is 11.5 Å². The third kappa shape index (κ3) is 1.51. The largest absolute Gasteiger partial charge is 0.481 e. The molecule has 1 aliphatic rings. The lowest BCUT2D eigenvalue weighted by atomic mass is 9.93. The van der Waals surface area contributed by atoms with E-state index in [-0.39, 0.29) is 0 Å². The number of aryl methyl sites for hydroxylation is 1. The molecule has 1 aromatic carbocycles. The van der Waals surface area contributed by atoms with E-state index in [0.717, 1.165) is 0 Å². The predicted molar refractivity (Wildman–Crippen MR) is 63.0 cm³/mol. The zero-order valence-electron chi connectivity index (χ0n) is 9.88. The van der Waals surface area contributed by atoms with Crippen molar-refractivity contribution in [3.05, 3.63) is 29.7 Å². The smallest absolute Gasteiger partial charge is 0.312 e. The van der Waals surface area contributed by atoms with E-state index in [1.165, 1.54) is 0 Å². The third-order valence-corrected chi connectivity index (χ3v) is 3.57. The maximum absolute atomic E-state index is 11.2. The number of carbonyl (C=O) groups is 1. The number of aliphatic hydroxyl groups is 1. The van der Waals surface area contributed by atoms with Crippen molar-refractivity contribution in [3.63, 3.8) is 0 Å². The number of aromatic nitrogens is 1. The molecule has 1 saturated carbocycles. The summed E-state index contributed by atoms with van der Waals surface area (Å²) in [5.41, 5.74) is 0.843. The van der Waals surface area contributed by atoms with Crippen LogP contribution in [0.1, 0.15) is 30.4 Å². The van der Waals surface area contributed by atoms with Gasteiger partial charge in [0.1, 0.15) is 5.52 Å². The molecule has 0 saturated heterocycles. The van der Waals surface area contributed by atoms with Gasteiger partial charge >= 0.3 is 5.97 Å². The topological polar surface area (TPSA) is 83.6 Å². The standard InChI is InChI=1S/C13H13NO4/c1-7-14-9-3-2-8(6-10(9)18-7)11(15)13(4-5-13)12(16)17/h2-3,6,11,15H,4-5H2,1H3,(H,16,17). The molecule has 5 nitrogen and oxygen atoms in total. The fourth-order valence-electron chi connectivity index (χ4n) is 2.28. The maximum atomic E-state index is 11.2. The Balaban J connectivity index is 2.01. The molecule has 1 fully saturated rings. The molecule has 0 radical (unpaired) electrons. The Hall–Kier alpha value is -1.88. The molecule has 1 aromatic heterocycles. The number of fused-ring (bicyclic) bond motifs is 1. The summed E-state index contributed by atoms with van der Waals surface area (Å²) in [7, 11) is 0. The number of aliphatic hydroxyl groups excluding tert-OH is 1. The van der Waals surface area contributed by atoms with Crippen LogP contribution in [-0.2, 0) is 4.79 Å². The number of carboxylic acids is 1. The number of nitrogens with zero attached hydrogens (tertiary/aromatic N) is 1. The van der Waals surface area contributed by atoms with Crippen molar-refractivity contribution in [2.45, 2.75) is 25.9 Å². The number of benzene rings is 1. The zero-order valence-corrected chi connectivity index (χ0v) is 9.88. The van der Waals surface area contributed by atoms with E-state index in [9.17, 15) is 9.90 Å². The molecule has 1 unspecified atom stereocenters. The van der Waals surface area contributed by atoms with Crippen LogP contribution in [0.25, 0.3) is 11.1 Å². The Kier molecular flexibility index (Phi) is 2.22. The van der Waals surface area contributed by atoms with Crippen molar-refractivity contribution in [3.8, 4) is 0 Å². The minimum Gasteiger partial charge on any atom is -0.481 e. The van der Waals surface area contributed by atoms with Crippen LogP contribution in [-0.4, -0.2) is 21.2 Å². The van der Waals surface area contributed by atoms with Gasteiger partial charge in [0, 0.05) is 6.92 Å². The molecular formula is C13H13NO4. The lowest BCUT2D eigenvalue weighted by molar-refractivity contribution is -0.148. The van der Waals surface area contributed by atoms with Crippen molar-refractivity contribution in [1.82, 2.24) is 4.98 Å². The van der Waals surface area contributed by atoms with Crippen molar-refractivity contribution in [2.75, 3.05) is 0 Å². The second kappa shape index (κ2) is 3.55. The number of hydrogen-bond donors (Lipinski definition) is 2. The summed E-state index contributed by atoms with van der Waals surface area (Å²) in [5.74, 6) is -0.389. The minimum atomic E-state index is -1.01. The second-order valence-corrected chi connectivity index (χ2v) is 4.82. The summed E-state index contributed by atoms with van der Waals surface area (Å²) in [5, 5.41) is 19.4. The molecule has 18 heavy (non-hydrogen) atoms. The third-order valence-electron chi connectivity index (χ3n) is 3.57. The Labute approximate surface area is 103 Å². The molecule has 5 heteroatoms. The van der Waals surface area contributed by atoms with Gasteiger partial charge in [-0.2, -0.15) is 0 Å². The van der Waals surface area contributed by atoms with Crippen LogP contribution in [0.4, 0.5) is 0 Å². The number of oxazole rings is 1. The van der Waals surface area contributed by atoms with Crippen LogP contribution in [0.2, 0.25) is 0 Å². The summed E-state index contributed by atoms with van der Waals surface area (Å²) in [6, 6.07) is 5.11. The molecular weight excluding hydrogens is 234 g/mol. The second-order valence-electron chi connectivity index (χ2n) is 4.82. The Morgan fingerprint density at radius 3 is 2.83 bits per heavy atom. The monoisotopic (exact) mass is 247 g/mol. The van der Waals surface area contributed by atoms with Gasteiger partial charge in [-0.1, -0.05) is 6.07 Å². The molecule has 2 aromatic rings. The lowest BCUT2D eigenvalue weighted by Gasteiger charge is -2.17. The van der Waals surface area contributed by atoms with Crippen LogP contribution in [0, 0.1) is 12.3 Å². The molecule has 94 valence electrons. The van der Waals surface area contributed by atoms with Crippen molar-refractivity contribution >= 4 is 17.1 Å². The summed E-state index contributed by atoms with van der Waals surface area (Å²) < 4.78 is 5.38. The number of carboxylic acid groups (broad SMARTS) is 1. The fraction of sp³-hybridized carbons (Fsp3) is 0.385. The van der Waals surface area contributed by atoms with Gasteiger partial charge in [-0.3, -0.25) is 4.79 Å². The number of hydrogen-bond acceptors (Lipinski definition) is 4. The highest BCUT2D eigenvalue weighted by Crippen LogP contribution is 2.55. The predicted octanol–water partition coefficient (Wildman–Crippen LogP) is 2.03. The van der Waals surface area contributed by atoms with E-state index in [1.807, 2.05) is 0 Å². The van der Waals surface area contributed by atoms with Crippen molar-refractivity contribution in [1.29, 1.82) is 0 Å². The quantitative estimate of drug-likeness (QED) is 0.867. The summed E-state index contributed by atoms with van der Waals surface area (Å²) in [6.45, 7) is 1.75. The number of rotatable bonds is 3. The first-order valence-corrected chi connectivity index (χ1v) is 5.81. The Morgan fingerprint density at radius 2 is 2.22 bits per heavy atom. The van der Waals surface area contributed by atoms with Crippen molar-refractivity contribution in [2.24, 2.45) is 5.41 Å². The van der Waals surface area contributed by atoms with Gasteiger partial charge in [-0.25, -0.2) is 4.98 Å². The highest BCUT2D eigenvalue weighted by atomic mass is 16.4. The maximum Gasteiger partial charge on any atom is 0.312 e. The van der Waals surface area contributed by atoms with E-state index in [0.29, 0.717) is 35.4 Å². The Morgan fingerprint density at radius 1 is 1.50 bits per heavy atom. The van der Waals surface area contributed by atoms with Gasteiger partial charge in [-0.15, -0.1) is 0 Å². The molecule has 0 amide bonds. The molecule has 1 heterocycles. The molecule has 0 aliphatic heterocycles. The van der Waals surface area contributed by atoms with Crippen LogP contribution >= 0.6 is 0 Å². The minimum absolute atomic E-state index is 0.511. The normalized spacial score (nSPS) is 18.8. The van der Waals surface area contributed by atoms with Crippen LogP contribution in [0.3, 0.4) is 0 Å². The zero-order chi connectivity index (χ0) is 12.9. The van der Waals surface area contributed by atoms with Gasteiger partial charge < -0.3 is 14.6 Å². The summed E-state index contributed by atoms with van der Waals surface area (Å²) >= 11 is 0. The highest BCUT2D eigenvalue weighted by Gasteiger charge is 2.56. The van der Waals surface area contributed by atoms with Gasteiger partial charge in [-0.05, 0) is 30.5 Å². The fourth-order valence-corrected chi connectivity index (χ4v) is 2.28. The van der Waals surface area contributed by atoms with E-state index < -0.39 is 17.5 Å². The van der Waals surface area contributed by atoms with E-state index >= 15 is 0 Å². The van der Waals surface area contributed by atoms with Gasteiger partial charge in [0.05, 0.1) is 11.5 Å². The average molecular weight is 247 g/mol. The van der Waals surface area contributed by atoms with Crippen LogP contribution in [0.15, 0.2) is 22.6 Å². The highest BCUT2D eigenvalue weighted by molar-refractivity contribution is 5.80. The number of aliphatic carboxylic acids is 1. The first-order valence-electron chi connectivity index (χ1n) is 5.81. The summed E-state index contributed by atoms with van der Waals surface area (Å²) in [4.78, 5) is 15.3. The van der Waals surface area contributed by atoms with Crippen LogP contribution in [0.5, 0.6) is 0 Å². The van der Waals surface area contributed by atoms with Gasteiger partial charge in [0.2, 0.25) is 0 Å². The first kappa shape index (κ1) is 11.2. The average Bonchev–Trinajstić information content (AvgIpc) is 3.05. The SMILES string of the molecule is Cc1nc2ccc(C(O)C3(C(=O)O)CC3)cc2o1. The first-order chi connectivity index (χ1) is 8.53.